The summed E-state index contributed by atoms with van der Waals surface area (Å²) in [6, 6.07) is 16.6. The van der Waals surface area contributed by atoms with Crippen molar-refractivity contribution in [2.45, 2.75) is 39.5 Å². The van der Waals surface area contributed by atoms with Crippen LogP contribution in [0, 0.1) is 24.7 Å². The Kier molecular flexibility index (Phi) is 6.12. The number of anilines is 1. The molecule has 0 radical (unpaired) electrons. The van der Waals surface area contributed by atoms with Gasteiger partial charge in [-0.05, 0) is 63.3 Å². The molecule has 0 amide bonds. The molecule has 1 atom stereocenters. The van der Waals surface area contributed by atoms with Gasteiger partial charge < -0.3 is 4.90 Å². The van der Waals surface area contributed by atoms with Gasteiger partial charge in [0.25, 0.3) is 0 Å². The van der Waals surface area contributed by atoms with Crippen molar-refractivity contribution in [1.82, 2.24) is 0 Å². The van der Waals surface area contributed by atoms with Crippen LogP contribution in [0.15, 0.2) is 48.5 Å². The molecule has 1 saturated heterocycles. The molecule has 134 valence electrons. The van der Waals surface area contributed by atoms with Crippen LogP contribution in [0.4, 0.5) is 5.69 Å². The maximum atomic E-state index is 12.2. The van der Waals surface area contributed by atoms with E-state index in [4.69, 9.17) is 0 Å². The molecule has 1 aliphatic heterocycles. The van der Waals surface area contributed by atoms with Gasteiger partial charge in [-0.3, -0.25) is 4.79 Å². The van der Waals surface area contributed by atoms with E-state index < -0.39 is 0 Å². The van der Waals surface area contributed by atoms with Crippen molar-refractivity contribution in [2.24, 2.45) is 5.92 Å². The maximum absolute atomic E-state index is 12.2. The van der Waals surface area contributed by atoms with Gasteiger partial charge in [0, 0.05) is 24.3 Å². The third-order valence-corrected chi connectivity index (χ3v) is 5.05. The van der Waals surface area contributed by atoms with Crippen LogP contribution in [0.1, 0.15) is 42.9 Å². The zero-order valence-corrected chi connectivity index (χ0v) is 15.8. The summed E-state index contributed by atoms with van der Waals surface area (Å²) in [6.07, 6.45) is 4.49. The minimum atomic E-state index is -0.262. The molecule has 2 aromatic carbocycles. The van der Waals surface area contributed by atoms with Crippen molar-refractivity contribution >= 4 is 11.5 Å². The molecule has 0 bridgehead atoms. The maximum Gasteiger partial charge on any atom is 0.145 e. The summed E-state index contributed by atoms with van der Waals surface area (Å²) >= 11 is 0. The van der Waals surface area contributed by atoms with Crippen LogP contribution in [0.5, 0.6) is 0 Å². The highest BCUT2D eigenvalue weighted by atomic mass is 16.1. The van der Waals surface area contributed by atoms with E-state index >= 15 is 0 Å². The molecule has 2 heteroatoms. The average molecular weight is 345 g/mol. The lowest BCUT2D eigenvalue weighted by atomic mass is 9.94. The SMILES string of the molecule is CC(=O)C(C#Cc1ccc(C)cc1)Cc1ccccc1N1CCCCC1. The van der Waals surface area contributed by atoms with E-state index in [1.807, 2.05) is 12.1 Å². The van der Waals surface area contributed by atoms with Gasteiger partial charge >= 0.3 is 0 Å². The largest absolute Gasteiger partial charge is 0.371 e. The Morgan fingerprint density at radius 2 is 1.73 bits per heavy atom. The van der Waals surface area contributed by atoms with Gasteiger partial charge in [-0.1, -0.05) is 47.7 Å². The standard InChI is InChI=1S/C24H27NO/c1-19-10-12-21(13-11-19)14-15-22(20(2)26)18-23-8-4-5-9-24(23)25-16-6-3-7-17-25/h4-5,8-13,22H,3,6-7,16-18H2,1-2H3. The lowest BCUT2D eigenvalue weighted by Gasteiger charge is -2.31. The lowest BCUT2D eigenvalue weighted by Crippen LogP contribution is -2.30. The second kappa shape index (κ2) is 8.72. The predicted molar refractivity (Wildman–Crippen MR) is 108 cm³/mol. The molecule has 0 aliphatic carbocycles. The van der Waals surface area contributed by atoms with E-state index in [0.717, 1.165) is 18.7 Å². The fraction of sp³-hybridized carbons (Fsp3) is 0.375. The van der Waals surface area contributed by atoms with Crippen molar-refractivity contribution in [3.05, 3.63) is 65.2 Å². The third kappa shape index (κ3) is 4.76. The molecule has 1 heterocycles. The summed E-state index contributed by atoms with van der Waals surface area (Å²) in [5, 5.41) is 0. The molecule has 1 unspecified atom stereocenters. The molecule has 0 saturated carbocycles. The molecule has 1 fully saturated rings. The van der Waals surface area contributed by atoms with Crippen LogP contribution in [0.25, 0.3) is 0 Å². The fourth-order valence-corrected chi connectivity index (χ4v) is 3.45. The number of aryl methyl sites for hydroxylation is 1. The molecule has 2 aromatic rings. The monoisotopic (exact) mass is 345 g/mol. The highest BCUT2D eigenvalue weighted by molar-refractivity contribution is 5.82. The number of carbonyl (C=O) groups is 1. The van der Waals surface area contributed by atoms with Gasteiger partial charge in [-0.25, -0.2) is 0 Å². The number of piperidine rings is 1. The number of para-hydroxylation sites is 1. The number of Topliss-reactive ketones (excluding diaryl/α,β-unsaturated/α-hetero) is 1. The van der Waals surface area contributed by atoms with Crippen LogP contribution < -0.4 is 4.90 Å². The van der Waals surface area contributed by atoms with E-state index in [2.05, 4.69) is 60.1 Å². The molecule has 1 aliphatic rings. The Bertz CT molecular complexity index is 804. The second-order valence-corrected chi connectivity index (χ2v) is 7.18. The Morgan fingerprint density at radius 1 is 1.04 bits per heavy atom. The normalized spacial score (nSPS) is 15.1. The van der Waals surface area contributed by atoms with E-state index in [0.29, 0.717) is 6.42 Å². The first-order valence-electron chi connectivity index (χ1n) is 9.55. The van der Waals surface area contributed by atoms with Crippen molar-refractivity contribution in [3.8, 4) is 11.8 Å². The van der Waals surface area contributed by atoms with Gasteiger partial charge in [-0.15, -0.1) is 0 Å². The van der Waals surface area contributed by atoms with E-state index in [9.17, 15) is 4.79 Å². The number of rotatable bonds is 4. The Morgan fingerprint density at radius 3 is 2.42 bits per heavy atom. The van der Waals surface area contributed by atoms with Gasteiger partial charge in [0.15, 0.2) is 0 Å². The first-order chi connectivity index (χ1) is 12.6. The quantitative estimate of drug-likeness (QED) is 0.743. The first kappa shape index (κ1) is 18.3. The van der Waals surface area contributed by atoms with Gasteiger partial charge in [-0.2, -0.15) is 0 Å². The number of ketones is 1. The number of carbonyl (C=O) groups excluding carboxylic acids is 1. The summed E-state index contributed by atoms with van der Waals surface area (Å²) in [4.78, 5) is 14.7. The summed E-state index contributed by atoms with van der Waals surface area (Å²) in [5.74, 6) is 6.28. The minimum Gasteiger partial charge on any atom is -0.371 e. The highest BCUT2D eigenvalue weighted by Crippen LogP contribution is 2.26. The zero-order chi connectivity index (χ0) is 18.4. The van der Waals surface area contributed by atoms with Gasteiger partial charge in [0.1, 0.15) is 5.78 Å². The van der Waals surface area contributed by atoms with Crippen molar-refractivity contribution in [3.63, 3.8) is 0 Å². The summed E-state index contributed by atoms with van der Waals surface area (Å²) in [5.41, 5.74) is 4.68. The topological polar surface area (TPSA) is 20.3 Å². The van der Waals surface area contributed by atoms with Crippen molar-refractivity contribution in [1.29, 1.82) is 0 Å². The van der Waals surface area contributed by atoms with Crippen LogP contribution in [0.2, 0.25) is 0 Å². The molecule has 0 N–H and O–H groups in total. The van der Waals surface area contributed by atoms with Crippen molar-refractivity contribution in [2.75, 3.05) is 18.0 Å². The summed E-state index contributed by atoms with van der Waals surface area (Å²) < 4.78 is 0. The van der Waals surface area contributed by atoms with E-state index in [-0.39, 0.29) is 11.7 Å². The number of hydrogen-bond acceptors (Lipinski definition) is 2. The first-order valence-corrected chi connectivity index (χ1v) is 9.55. The van der Waals surface area contributed by atoms with E-state index in [1.165, 1.54) is 36.1 Å². The average Bonchev–Trinajstić information content (AvgIpc) is 2.67. The predicted octanol–water partition coefficient (Wildman–Crippen LogP) is 4.78. The molecule has 0 spiro atoms. The summed E-state index contributed by atoms with van der Waals surface area (Å²) in [7, 11) is 0. The van der Waals surface area contributed by atoms with Gasteiger partial charge in [0.2, 0.25) is 0 Å². The minimum absolute atomic E-state index is 0.137. The van der Waals surface area contributed by atoms with Gasteiger partial charge in [0.05, 0.1) is 5.92 Å². The highest BCUT2D eigenvalue weighted by Gasteiger charge is 2.18. The molecule has 26 heavy (non-hydrogen) atoms. The Labute approximate surface area is 157 Å². The zero-order valence-electron chi connectivity index (χ0n) is 15.8. The van der Waals surface area contributed by atoms with Crippen LogP contribution >= 0.6 is 0 Å². The third-order valence-electron chi connectivity index (χ3n) is 5.05. The van der Waals surface area contributed by atoms with E-state index in [1.54, 1.807) is 6.92 Å². The molecular weight excluding hydrogens is 318 g/mol. The van der Waals surface area contributed by atoms with Crippen molar-refractivity contribution < 1.29 is 4.79 Å². The molecule has 2 nitrogen and oxygen atoms in total. The Hall–Kier alpha value is -2.53. The summed E-state index contributed by atoms with van der Waals surface area (Å²) in [6.45, 7) is 5.93. The lowest BCUT2D eigenvalue weighted by molar-refractivity contribution is -0.119. The molecule has 0 aromatic heterocycles. The second-order valence-electron chi connectivity index (χ2n) is 7.18. The molecule has 3 rings (SSSR count). The number of hydrogen-bond donors (Lipinski definition) is 0. The van der Waals surface area contributed by atoms with Crippen LogP contribution in [-0.4, -0.2) is 18.9 Å². The number of nitrogens with zero attached hydrogens (tertiary/aromatic N) is 1. The van der Waals surface area contributed by atoms with Crippen LogP contribution in [-0.2, 0) is 11.2 Å². The Balaban J connectivity index is 1.81. The molecular formula is C24H27NO. The number of benzene rings is 2. The van der Waals surface area contributed by atoms with Crippen LogP contribution in [0.3, 0.4) is 0 Å². The fourth-order valence-electron chi connectivity index (χ4n) is 3.45. The smallest absolute Gasteiger partial charge is 0.145 e.